The van der Waals surface area contributed by atoms with Crippen molar-refractivity contribution >= 4 is 17.2 Å². The number of benzene rings is 2. The molecule has 0 unspecified atom stereocenters. The van der Waals surface area contributed by atoms with Crippen molar-refractivity contribution in [3.63, 3.8) is 0 Å². The van der Waals surface area contributed by atoms with Gasteiger partial charge in [-0.05, 0) is 42.3 Å². The Balaban J connectivity index is 1.77. The molecule has 0 fully saturated rings. The molecule has 35 heavy (non-hydrogen) atoms. The van der Waals surface area contributed by atoms with Crippen molar-refractivity contribution in [3.8, 4) is 27.8 Å². The lowest BCUT2D eigenvalue weighted by atomic mass is 10.1. The maximum absolute atomic E-state index is 13.6. The topological polar surface area (TPSA) is 69.7 Å². The largest absolute Gasteiger partial charge is 0.573 e. The normalized spacial score (nSPS) is 11.8. The van der Waals surface area contributed by atoms with Gasteiger partial charge < -0.3 is 19.5 Å². The summed E-state index contributed by atoms with van der Waals surface area (Å²) in [5, 5.41) is 2.30. The molecular formula is C22H18F6N2O4S. The van der Waals surface area contributed by atoms with Gasteiger partial charge in [-0.2, -0.15) is 13.2 Å². The van der Waals surface area contributed by atoms with Gasteiger partial charge >= 0.3 is 12.5 Å². The summed E-state index contributed by atoms with van der Waals surface area (Å²) in [5.41, 5.74) is -0.664. The SMILES string of the molecule is COc1ccc(-c2nc(C(F)(F)F)c(C(=O)NCCc3cccc(OC(F)(F)F)c3)s2)cc1OC. The summed E-state index contributed by atoms with van der Waals surface area (Å²) in [6, 6.07) is 9.49. The van der Waals surface area contributed by atoms with Crippen LogP contribution in [0.25, 0.3) is 10.6 Å². The first-order valence-electron chi connectivity index (χ1n) is 9.84. The number of rotatable bonds is 8. The van der Waals surface area contributed by atoms with E-state index >= 15 is 0 Å². The first kappa shape index (κ1) is 26.1. The molecule has 1 amide bonds. The second kappa shape index (κ2) is 10.4. The van der Waals surface area contributed by atoms with Crippen molar-refractivity contribution in [2.24, 2.45) is 0 Å². The number of halogens is 6. The summed E-state index contributed by atoms with van der Waals surface area (Å²) in [6.07, 6.45) is -9.69. The van der Waals surface area contributed by atoms with Gasteiger partial charge in [0.15, 0.2) is 17.2 Å². The number of ether oxygens (including phenoxy) is 3. The van der Waals surface area contributed by atoms with Gasteiger partial charge in [0.2, 0.25) is 0 Å². The number of nitrogens with one attached hydrogen (secondary N) is 1. The fraction of sp³-hybridized carbons (Fsp3) is 0.273. The van der Waals surface area contributed by atoms with Gasteiger partial charge in [-0.1, -0.05) is 12.1 Å². The predicted octanol–water partition coefficient (Wildman–Crippen LogP) is 5.72. The Morgan fingerprint density at radius 2 is 1.71 bits per heavy atom. The molecule has 0 radical (unpaired) electrons. The maximum Gasteiger partial charge on any atom is 0.573 e. The van der Waals surface area contributed by atoms with E-state index in [-0.39, 0.29) is 23.7 Å². The third-order valence-corrected chi connectivity index (χ3v) is 5.67. The van der Waals surface area contributed by atoms with Gasteiger partial charge in [0.1, 0.15) is 15.6 Å². The van der Waals surface area contributed by atoms with Crippen molar-refractivity contribution in [2.75, 3.05) is 20.8 Å². The number of alkyl halides is 6. The number of carbonyl (C=O) groups excluding carboxylic acids is 1. The maximum atomic E-state index is 13.6. The summed E-state index contributed by atoms with van der Waals surface area (Å²) in [4.78, 5) is 15.6. The van der Waals surface area contributed by atoms with Crippen LogP contribution in [0, 0.1) is 0 Å². The smallest absolute Gasteiger partial charge is 0.493 e. The highest BCUT2D eigenvalue weighted by Crippen LogP contribution is 2.39. The van der Waals surface area contributed by atoms with Gasteiger partial charge in [0, 0.05) is 12.1 Å². The quantitative estimate of drug-likeness (QED) is 0.385. The lowest BCUT2D eigenvalue weighted by molar-refractivity contribution is -0.274. The Labute approximate surface area is 199 Å². The van der Waals surface area contributed by atoms with Crippen LogP contribution < -0.4 is 19.5 Å². The lowest BCUT2D eigenvalue weighted by Gasteiger charge is -2.10. The van der Waals surface area contributed by atoms with Crippen LogP contribution >= 0.6 is 11.3 Å². The number of carbonyl (C=O) groups is 1. The highest BCUT2D eigenvalue weighted by atomic mass is 32.1. The molecule has 3 aromatic rings. The number of thiazole rings is 1. The summed E-state index contributed by atoms with van der Waals surface area (Å²) in [6.45, 7) is -0.130. The van der Waals surface area contributed by atoms with E-state index in [9.17, 15) is 31.1 Å². The zero-order valence-electron chi connectivity index (χ0n) is 18.2. The van der Waals surface area contributed by atoms with E-state index in [0.717, 1.165) is 12.1 Å². The standard InChI is InChI=1S/C22H18F6N2O4S/c1-32-15-7-6-13(11-16(15)33-2)20-30-18(21(23,24)25)17(35-20)19(31)29-9-8-12-4-3-5-14(10-12)34-22(26,27)28/h3-7,10-11H,8-9H2,1-2H3,(H,29,31). The van der Waals surface area contributed by atoms with Gasteiger partial charge in [0.05, 0.1) is 14.2 Å². The molecule has 13 heteroatoms. The molecule has 6 nitrogen and oxygen atoms in total. The van der Waals surface area contributed by atoms with Gasteiger partial charge in [-0.25, -0.2) is 4.98 Å². The zero-order chi connectivity index (χ0) is 25.8. The average Bonchev–Trinajstić information content (AvgIpc) is 3.24. The Morgan fingerprint density at radius 3 is 2.34 bits per heavy atom. The van der Waals surface area contributed by atoms with Crippen molar-refractivity contribution in [1.29, 1.82) is 0 Å². The van der Waals surface area contributed by atoms with E-state index in [4.69, 9.17) is 9.47 Å². The van der Waals surface area contributed by atoms with Crippen LogP contribution in [-0.4, -0.2) is 38.0 Å². The average molecular weight is 520 g/mol. The predicted molar refractivity (Wildman–Crippen MR) is 115 cm³/mol. The van der Waals surface area contributed by atoms with E-state index in [1.165, 1.54) is 44.6 Å². The van der Waals surface area contributed by atoms with Gasteiger partial charge in [0.25, 0.3) is 5.91 Å². The van der Waals surface area contributed by atoms with E-state index in [1.807, 2.05) is 0 Å². The van der Waals surface area contributed by atoms with Gasteiger partial charge in [-0.3, -0.25) is 4.79 Å². The molecule has 2 aromatic carbocycles. The zero-order valence-corrected chi connectivity index (χ0v) is 19.0. The van der Waals surface area contributed by atoms with E-state index in [1.54, 1.807) is 0 Å². The van der Waals surface area contributed by atoms with Crippen LogP contribution in [0.5, 0.6) is 17.2 Å². The van der Waals surface area contributed by atoms with E-state index < -0.39 is 34.8 Å². The van der Waals surface area contributed by atoms with E-state index in [2.05, 4.69) is 15.0 Å². The fourth-order valence-electron chi connectivity index (χ4n) is 3.06. The molecule has 1 N–H and O–H groups in total. The number of amides is 1. The minimum absolute atomic E-state index is 0.0552. The molecule has 0 aliphatic carbocycles. The van der Waals surface area contributed by atoms with Crippen molar-refractivity contribution in [1.82, 2.24) is 10.3 Å². The molecule has 0 aliphatic heterocycles. The second-order valence-corrected chi connectivity index (χ2v) is 7.96. The number of hydrogen-bond donors (Lipinski definition) is 1. The van der Waals surface area contributed by atoms with Crippen LogP contribution in [0.4, 0.5) is 26.3 Å². The fourth-order valence-corrected chi connectivity index (χ4v) is 4.06. The summed E-state index contributed by atoms with van der Waals surface area (Å²) < 4.78 is 92.0. The molecule has 0 aliphatic rings. The molecule has 0 saturated heterocycles. The monoisotopic (exact) mass is 520 g/mol. The van der Waals surface area contributed by atoms with Crippen LogP contribution in [-0.2, 0) is 12.6 Å². The number of aromatic nitrogens is 1. The molecule has 0 atom stereocenters. The number of methoxy groups -OCH3 is 2. The van der Waals surface area contributed by atoms with Crippen LogP contribution in [0.1, 0.15) is 20.9 Å². The molecule has 0 saturated carbocycles. The molecular weight excluding hydrogens is 502 g/mol. The first-order chi connectivity index (χ1) is 16.4. The number of nitrogens with zero attached hydrogens (tertiary/aromatic N) is 1. The lowest BCUT2D eigenvalue weighted by Crippen LogP contribution is -2.27. The van der Waals surface area contributed by atoms with Crippen LogP contribution in [0.2, 0.25) is 0 Å². The van der Waals surface area contributed by atoms with Gasteiger partial charge in [-0.15, -0.1) is 24.5 Å². The van der Waals surface area contributed by atoms with Crippen LogP contribution in [0.15, 0.2) is 42.5 Å². The Hall–Kier alpha value is -3.48. The van der Waals surface area contributed by atoms with Crippen LogP contribution in [0.3, 0.4) is 0 Å². The van der Waals surface area contributed by atoms with Crippen molar-refractivity contribution in [2.45, 2.75) is 19.0 Å². The molecule has 1 aromatic heterocycles. The Kier molecular flexibility index (Phi) is 7.78. The second-order valence-electron chi connectivity index (χ2n) is 6.97. The van der Waals surface area contributed by atoms with Crippen molar-refractivity contribution < 1.29 is 45.3 Å². The minimum Gasteiger partial charge on any atom is -0.493 e. The highest BCUT2D eigenvalue weighted by Gasteiger charge is 2.39. The molecule has 188 valence electrons. The molecule has 0 bridgehead atoms. The molecule has 0 spiro atoms. The molecule has 3 rings (SSSR count). The van der Waals surface area contributed by atoms with E-state index in [0.29, 0.717) is 28.2 Å². The Morgan fingerprint density at radius 1 is 1.00 bits per heavy atom. The summed E-state index contributed by atoms with van der Waals surface area (Å²) in [7, 11) is 2.78. The summed E-state index contributed by atoms with van der Waals surface area (Å²) in [5.74, 6) is -0.810. The third-order valence-electron chi connectivity index (χ3n) is 4.56. The molecule has 1 heterocycles. The minimum atomic E-state index is -4.89. The summed E-state index contributed by atoms with van der Waals surface area (Å²) >= 11 is 0.551. The first-order valence-corrected chi connectivity index (χ1v) is 10.7. The highest BCUT2D eigenvalue weighted by molar-refractivity contribution is 7.17. The number of hydrogen-bond acceptors (Lipinski definition) is 6. The third kappa shape index (κ3) is 6.78. The van der Waals surface area contributed by atoms with Crippen molar-refractivity contribution in [3.05, 3.63) is 58.6 Å². The Bertz CT molecular complexity index is 1190.